The zero-order valence-electron chi connectivity index (χ0n) is 17.6. The van der Waals surface area contributed by atoms with Crippen LogP contribution < -0.4 is 5.32 Å². The Morgan fingerprint density at radius 3 is 2.63 bits per heavy atom. The molecule has 6 nitrogen and oxygen atoms in total. The highest BCUT2D eigenvalue weighted by Crippen LogP contribution is 2.24. The van der Waals surface area contributed by atoms with Crippen LogP contribution in [0, 0.1) is 0 Å². The lowest BCUT2D eigenvalue weighted by Crippen LogP contribution is -2.40. The Kier molecular flexibility index (Phi) is 6.64. The largest absolute Gasteiger partial charge is 0.468 e. The fraction of sp³-hybridized carbons (Fsp3) is 0.417. The van der Waals surface area contributed by atoms with E-state index in [0.29, 0.717) is 18.7 Å². The second-order valence-corrected chi connectivity index (χ2v) is 7.84. The van der Waals surface area contributed by atoms with Gasteiger partial charge >= 0.3 is 0 Å². The molecule has 0 bridgehead atoms. The van der Waals surface area contributed by atoms with Crippen molar-refractivity contribution in [3.8, 4) is 0 Å². The van der Waals surface area contributed by atoms with Crippen molar-refractivity contribution in [2.75, 3.05) is 19.6 Å². The minimum Gasteiger partial charge on any atom is -0.468 e. The number of benzene rings is 1. The molecule has 6 heteroatoms. The first-order valence-electron chi connectivity index (χ1n) is 10.9. The average molecular weight is 407 g/mol. The molecule has 3 aromatic rings. The fourth-order valence-electron chi connectivity index (χ4n) is 4.27. The van der Waals surface area contributed by atoms with Crippen molar-refractivity contribution in [1.82, 2.24) is 20.0 Å². The molecule has 30 heavy (non-hydrogen) atoms. The maximum Gasteiger partial charge on any atom is 0.254 e. The van der Waals surface area contributed by atoms with E-state index in [1.807, 2.05) is 35.0 Å². The zero-order chi connectivity index (χ0) is 20.8. The number of hydrogen-bond donors (Lipinski definition) is 1. The number of hydrogen-bond acceptors (Lipinski definition) is 4. The molecule has 0 aliphatic carbocycles. The quantitative estimate of drug-likeness (QED) is 0.613. The van der Waals surface area contributed by atoms with Gasteiger partial charge in [0.05, 0.1) is 36.3 Å². The lowest BCUT2D eigenvalue weighted by molar-refractivity contribution is 0.0913. The normalized spacial score (nSPS) is 15.8. The molecule has 1 N–H and O–H groups in total. The topological polar surface area (TPSA) is 63.3 Å². The maximum atomic E-state index is 13.0. The molecular formula is C24H30N4O2. The van der Waals surface area contributed by atoms with Crippen molar-refractivity contribution in [2.24, 2.45) is 0 Å². The summed E-state index contributed by atoms with van der Waals surface area (Å²) in [6.45, 7) is 5.33. The number of nitrogens with one attached hydrogen (secondary N) is 1. The number of rotatable bonds is 8. The van der Waals surface area contributed by atoms with Crippen molar-refractivity contribution in [3.63, 3.8) is 0 Å². The van der Waals surface area contributed by atoms with Crippen LogP contribution >= 0.6 is 0 Å². The molecular weight excluding hydrogens is 376 g/mol. The SMILES string of the molecule is CCc1c(C(=O)NCC(c2ccco2)N2CCCCC2)cnn1Cc1ccccc1. The lowest BCUT2D eigenvalue weighted by atomic mass is 10.1. The number of aromatic nitrogens is 2. The maximum absolute atomic E-state index is 13.0. The number of carbonyl (C=O) groups excluding carboxylic acids is 1. The Balaban J connectivity index is 1.46. The first-order valence-corrected chi connectivity index (χ1v) is 10.9. The van der Waals surface area contributed by atoms with Crippen LogP contribution in [-0.4, -0.2) is 40.2 Å². The minimum atomic E-state index is -0.0697. The zero-order valence-corrected chi connectivity index (χ0v) is 17.6. The minimum absolute atomic E-state index is 0.0636. The number of amides is 1. The molecule has 1 aliphatic heterocycles. The summed E-state index contributed by atoms with van der Waals surface area (Å²) in [5.74, 6) is 0.840. The Morgan fingerprint density at radius 2 is 1.93 bits per heavy atom. The molecule has 1 amide bonds. The highest BCUT2D eigenvalue weighted by Gasteiger charge is 2.26. The molecule has 1 unspecified atom stereocenters. The monoisotopic (exact) mass is 406 g/mol. The highest BCUT2D eigenvalue weighted by molar-refractivity contribution is 5.95. The summed E-state index contributed by atoms with van der Waals surface area (Å²) in [5.41, 5.74) is 2.79. The first-order chi connectivity index (χ1) is 14.8. The molecule has 1 aromatic carbocycles. The van der Waals surface area contributed by atoms with Gasteiger partial charge in [-0.05, 0) is 50.0 Å². The Morgan fingerprint density at radius 1 is 1.13 bits per heavy atom. The summed E-state index contributed by atoms with van der Waals surface area (Å²) in [6, 6.07) is 14.2. The molecule has 1 saturated heterocycles. The summed E-state index contributed by atoms with van der Waals surface area (Å²) >= 11 is 0. The second kappa shape index (κ2) is 9.76. The fourth-order valence-corrected chi connectivity index (χ4v) is 4.27. The van der Waals surface area contributed by atoms with E-state index in [1.165, 1.54) is 24.8 Å². The Labute approximate surface area is 177 Å². The molecule has 1 aliphatic rings. The van der Waals surface area contributed by atoms with Crippen LogP contribution in [0.15, 0.2) is 59.3 Å². The average Bonchev–Trinajstić information content (AvgIpc) is 3.45. The Bertz CT molecular complexity index is 928. The lowest BCUT2D eigenvalue weighted by Gasteiger charge is -2.33. The van der Waals surface area contributed by atoms with Crippen molar-refractivity contribution >= 4 is 5.91 Å². The van der Waals surface area contributed by atoms with Crippen LogP contribution in [0.1, 0.15) is 59.6 Å². The predicted molar refractivity (Wildman–Crippen MR) is 116 cm³/mol. The van der Waals surface area contributed by atoms with E-state index < -0.39 is 0 Å². The summed E-state index contributed by atoms with van der Waals surface area (Å²) in [4.78, 5) is 15.5. The molecule has 158 valence electrons. The third-order valence-corrected chi connectivity index (χ3v) is 5.86. The molecule has 3 heterocycles. The van der Waals surface area contributed by atoms with Crippen LogP contribution in [0.5, 0.6) is 0 Å². The van der Waals surface area contributed by atoms with Gasteiger partial charge in [0.1, 0.15) is 5.76 Å². The van der Waals surface area contributed by atoms with Gasteiger partial charge in [-0.25, -0.2) is 0 Å². The van der Waals surface area contributed by atoms with Gasteiger partial charge in [0, 0.05) is 6.54 Å². The van der Waals surface area contributed by atoms with Gasteiger partial charge in [-0.2, -0.15) is 5.10 Å². The van der Waals surface area contributed by atoms with E-state index in [0.717, 1.165) is 31.0 Å². The van der Waals surface area contributed by atoms with E-state index in [2.05, 4.69) is 34.4 Å². The van der Waals surface area contributed by atoms with Crippen LogP contribution in [0.3, 0.4) is 0 Å². The summed E-state index contributed by atoms with van der Waals surface area (Å²) in [6.07, 6.45) is 7.81. The van der Waals surface area contributed by atoms with Gasteiger partial charge in [0.2, 0.25) is 0 Å². The summed E-state index contributed by atoms with van der Waals surface area (Å²) in [7, 11) is 0. The number of furan rings is 1. The third kappa shape index (κ3) is 4.65. The van der Waals surface area contributed by atoms with Gasteiger partial charge in [0.15, 0.2) is 0 Å². The van der Waals surface area contributed by atoms with E-state index in [1.54, 1.807) is 12.5 Å². The van der Waals surface area contributed by atoms with Gasteiger partial charge in [-0.3, -0.25) is 14.4 Å². The highest BCUT2D eigenvalue weighted by atomic mass is 16.3. The standard InChI is InChI=1S/C24H30N4O2/c1-2-21-20(16-26-28(21)18-19-10-5-3-6-11-19)24(29)25-17-22(23-12-9-15-30-23)27-13-7-4-8-14-27/h3,5-6,9-12,15-16,22H,2,4,7-8,13-14,17-18H2,1H3,(H,25,29). The van der Waals surface area contributed by atoms with E-state index in [9.17, 15) is 4.79 Å². The summed E-state index contributed by atoms with van der Waals surface area (Å²) < 4.78 is 7.62. The molecule has 0 radical (unpaired) electrons. The second-order valence-electron chi connectivity index (χ2n) is 7.84. The van der Waals surface area contributed by atoms with Crippen molar-refractivity contribution in [2.45, 2.75) is 45.2 Å². The van der Waals surface area contributed by atoms with Crippen LogP contribution in [0.25, 0.3) is 0 Å². The molecule has 0 spiro atoms. The molecule has 1 fully saturated rings. The first kappa shape index (κ1) is 20.4. The molecule has 0 saturated carbocycles. The number of carbonyl (C=O) groups is 1. The van der Waals surface area contributed by atoms with Crippen molar-refractivity contribution in [1.29, 1.82) is 0 Å². The third-order valence-electron chi connectivity index (χ3n) is 5.86. The summed E-state index contributed by atoms with van der Waals surface area (Å²) in [5, 5.41) is 7.64. The van der Waals surface area contributed by atoms with E-state index in [-0.39, 0.29) is 11.9 Å². The van der Waals surface area contributed by atoms with E-state index in [4.69, 9.17) is 4.42 Å². The smallest absolute Gasteiger partial charge is 0.254 e. The van der Waals surface area contributed by atoms with Gasteiger partial charge in [-0.1, -0.05) is 43.7 Å². The van der Waals surface area contributed by atoms with E-state index >= 15 is 0 Å². The predicted octanol–water partition coefficient (Wildman–Crippen LogP) is 4.04. The molecule has 4 rings (SSSR count). The van der Waals surface area contributed by atoms with Crippen molar-refractivity contribution < 1.29 is 9.21 Å². The van der Waals surface area contributed by atoms with Gasteiger partial charge in [0.25, 0.3) is 5.91 Å². The number of nitrogens with zero attached hydrogens (tertiary/aromatic N) is 3. The van der Waals surface area contributed by atoms with Gasteiger partial charge < -0.3 is 9.73 Å². The van der Waals surface area contributed by atoms with Crippen LogP contribution in [-0.2, 0) is 13.0 Å². The number of likely N-dealkylation sites (tertiary alicyclic amines) is 1. The van der Waals surface area contributed by atoms with Gasteiger partial charge in [-0.15, -0.1) is 0 Å². The van der Waals surface area contributed by atoms with Crippen LogP contribution in [0.2, 0.25) is 0 Å². The van der Waals surface area contributed by atoms with Crippen LogP contribution in [0.4, 0.5) is 0 Å². The Hall–Kier alpha value is -2.86. The van der Waals surface area contributed by atoms with Crippen molar-refractivity contribution in [3.05, 3.63) is 77.5 Å². The number of piperidine rings is 1. The molecule has 2 aromatic heterocycles. The molecule has 1 atom stereocenters.